The first kappa shape index (κ1) is 15.5. The molecule has 0 bridgehead atoms. The van der Waals surface area contributed by atoms with Gasteiger partial charge < -0.3 is 5.73 Å². The number of nitrogens with two attached hydrogens (primary N) is 1. The molecule has 0 spiro atoms. The summed E-state index contributed by atoms with van der Waals surface area (Å²) in [5, 5.41) is 10.9. The number of hydrogen-bond acceptors (Lipinski definition) is 5. The van der Waals surface area contributed by atoms with Crippen LogP contribution in [0.4, 0.5) is 11.4 Å². The van der Waals surface area contributed by atoms with Crippen LogP contribution in [0.25, 0.3) is 0 Å². The van der Waals surface area contributed by atoms with Gasteiger partial charge in [-0.2, -0.15) is 0 Å². The van der Waals surface area contributed by atoms with E-state index in [0.29, 0.717) is 5.56 Å². The van der Waals surface area contributed by atoms with Gasteiger partial charge in [0, 0.05) is 6.07 Å². The Hall–Kier alpha value is -1.93. The minimum atomic E-state index is -3.69. The van der Waals surface area contributed by atoms with Crippen molar-refractivity contribution in [1.29, 1.82) is 0 Å². The molecule has 0 aliphatic carbocycles. The number of nitro groups is 1. The molecule has 8 heteroatoms. The first-order valence-electron chi connectivity index (χ1n) is 5.82. The second kappa shape index (κ2) is 5.82. The Balaban J connectivity index is 2.45. The number of nitrogens with zero attached hydrogens (tertiary/aromatic N) is 1. The maximum absolute atomic E-state index is 12.4. The summed E-state index contributed by atoms with van der Waals surface area (Å²) in [4.78, 5) is 10.3. The summed E-state index contributed by atoms with van der Waals surface area (Å²) in [6.45, 7) is 0. The molecule has 2 rings (SSSR count). The average molecular weight is 371 g/mol. The van der Waals surface area contributed by atoms with Crippen LogP contribution in [0, 0.1) is 10.1 Å². The monoisotopic (exact) mass is 370 g/mol. The Labute approximate surface area is 129 Å². The lowest BCUT2D eigenvalue weighted by Gasteiger charge is -2.09. The maximum atomic E-state index is 12.4. The van der Waals surface area contributed by atoms with Crippen molar-refractivity contribution in [3.05, 3.63) is 62.6 Å². The van der Waals surface area contributed by atoms with Gasteiger partial charge in [0.05, 0.1) is 25.7 Å². The zero-order valence-electron chi connectivity index (χ0n) is 10.7. The van der Waals surface area contributed by atoms with Crippen LogP contribution < -0.4 is 5.73 Å². The van der Waals surface area contributed by atoms with E-state index in [0.717, 1.165) is 0 Å². The Morgan fingerprint density at radius 3 is 2.43 bits per heavy atom. The first-order chi connectivity index (χ1) is 9.83. The summed E-state index contributed by atoms with van der Waals surface area (Å²) < 4.78 is 24.9. The highest BCUT2D eigenvalue weighted by atomic mass is 79.9. The van der Waals surface area contributed by atoms with Gasteiger partial charge in [0.2, 0.25) is 0 Å². The van der Waals surface area contributed by atoms with Crippen LogP contribution in [0.5, 0.6) is 0 Å². The number of nitrogen functional groups attached to an aromatic ring is 1. The van der Waals surface area contributed by atoms with Gasteiger partial charge in [0.15, 0.2) is 9.84 Å². The SMILES string of the molecule is Nc1ccccc1S(=O)(=O)Cc1cccc([N+](=O)[O-])c1Br. The number of para-hydroxylation sites is 1. The van der Waals surface area contributed by atoms with E-state index in [1.54, 1.807) is 12.1 Å². The van der Waals surface area contributed by atoms with Crippen molar-refractivity contribution in [3.8, 4) is 0 Å². The number of sulfone groups is 1. The molecule has 0 saturated heterocycles. The summed E-state index contributed by atoms with van der Waals surface area (Å²) in [5.74, 6) is -0.372. The van der Waals surface area contributed by atoms with Crippen molar-refractivity contribution >= 4 is 37.1 Å². The van der Waals surface area contributed by atoms with Gasteiger partial charge in [-0.1, -0.05) is 24.3 Å². The quantitative estimate of drug-likeness (QED) is 0.506. The molecule has 0 radical (unpaired) electrons. The van der Waals surface area contributed by atoms with Crippen LogP contribution in [-0.4, -0.2) is 13.3 Å². The fourth-order valence-corrected chi connectivity index (χ4v) is 4.12. The van der Waals surface area contributed by atoms with Crippen LogP contribution in [0.2, 0.25) is 0 Å². The molecular formula is C13H11BrN2O4S. The maximum Gasteiger partial charge on any atom is 0.283 e. The third-order valence-electron chi connectivity index (χ3n) is 2.85. The van der Waals surface area contributed by atoms with Crippen molar-refractivity contribution in [2.24, 2.45) is 0 Å². The minimum absolute atomic E-state index is 0.0170. The first-order valence-corrected chi connectivity index (χ1v) is 8.26. The normalized spacial score (nSPS) is 11.3. The average Bonchev–Trinajstić information content (AvgIpc) is 2.41. The van der Waals surface area contributed by atoms with Crippen molar-refractivity contribution in [3.63, 3.8) is 0 Å². The minimum Gasteiger partial charge on any atom is -0.398 e. The molecule has 0 aliphatic heterocycles. The zero-order chi connectivity index (χ0) is 15.6. The number of benzene rings is 2. The molecule has 2 N–H and O–H groups in total. The predicted octanol–water partition coefficient (Wildman–Crippen LogP) is 2.91. The summed E-state index contributed by atoms with van der Waals surface area (Å²) >= 11 is 3.09. The Morgan fingerprint density at radius 2 is 1.81 bits per heavy atom. The number of hydrogen-bond donors (Lipinski definition) is 1. The lowest BCUT2D eigenvalue weighted by molar-refractivity contribution is -0.385. The molecule has 0 atom stereocenters. The van der Waals surface area contributed by atoms with Gasteiger partial charge in [-0.3, -0.25) is 10.1 Å². The number of anilines is 1. The van der Waals surface area contributed by atoms with Crippen molar-refractivity contribution in [2.45, 2.75) is 10.6 Å². The van der Waals surface area contributed by atoms with Crippen molar-refractivity contribution < 1.29 is 13.3 Å². The highest BCUT2D eigenvalue weighted by Gasteiger charge is 2.22. The standard InChI is InChI=1S/C13H11BrN2O4S/c14-13-9(4-3-6-11(13)16(17)18)8-21(19,20)12-7-2-1-5-10(12)15/h1-7H,8,15H2. The zero-order valence-corrected chi connectivity index (χ0v) is 13.1. The van der Waals surface area contributed by atoms with E-state index in [4.69, 9.17) is 5.73 Å². The van der Waals surface area contributed by atoms with E-state index in [1.807, 2.05) is 0 Å². The molecule has 0 aromatic heterocycles. The third-order valence-corrected chi connectivity index (χ3v) is 5.50. The van der Waals surface area contributed by atoms with Crippen LogP contribution in [0.3, 0.4) is 0 Å². The molecule has 2 aromatic rings. The van der Waals surface area contributed by atoms with E-state index in [-0.39, 0.29) is 26.5 Å². The van der Waals surface area contributed by atoms with E-state index in [1.165, 1.54) is 30.3 Å². The summed E-state index contributed by atoms with van der Waals surface area (Å²) in [7, 11) is -3.69. The smallest absolute Gasteiger partial charge is 0.283 e. The summed E-state index contributed by atoms with van der Waals surface area (Å²) in [5.41, 5.74) is 5.96. The van der Waals surface area contributed by atoms with Gasteiger partial charge in [-0.15, -0.1) is 0 Å². The van der Waals surface area contributed by atoms with E-state index < -0.39 is 14.8 Å². The van der Waals surface area contributed by atoms with E-state index in [9.17, 15) is 18.5 Å². The molecule has 0 fully saturated rings. The Bertz CT molecular complexity index is 806. The lowest BCUT2D eigenvalue weighted by Crippen LogP contribution is -2.08. The summed E-state index contributed by atoms with van der Waals surface area (Å²) in [6.07, 6.45) is 0. The third kappa shape index (κ3) is 3.22. The Morgan fingerprint density at radius 1 is 1.14 bits per heavy atom. The molecule has 2 aromatic carbocycles. The molecule has 0 aliphatic rings. The number of rotatable bonds is 4. The lowest BCUT2D eigenvalue weighted by atomic mass is 10.2. The second-order valence-electron chi connectivity index (χ2n) is 4.30. The van der Waals surface area contributed by atoms with Gasteiger partial charge in [-0.05, 0) is 33.6 Å². The Kier molecular flexibility index (Phi) is 4.29. The molecule has 21 heavy (non-hydrogen) atoms. The topological polar surface area (TPSA) is 103 Å². The molecule has 0 unspecified atom stereocenters. The number of nitro benzene ring substituents is 1. The van der Waals surface area contributed by atoms with Crippen molar-refractivity contribution in [1.82, 2.24) is 0 Å². The van der Waals surface area contributed by atoms with Crippen LogP contribution >= 0.6 is 15.9 Å². The fourth-order valence-electron chi connectivity index (χ4n) is 1.86. The van der Waals surface area contributed by atoms with Crippen LogP contribution in [0.15, 0.2) is 51.8 Å². The second-order valence-corrected chi connectivity index (χ2v) is 7.06. The largest absolute Gasteiger partial charge is 0.398 e. The molecule has 0 heterocycles. The van der Waals surface area contributed by atoms with Gasteiger partial charge in [0.1, 0.15) is 0 Å². The molecule has 0 amide bonds. The molecule has 110 valence electrons. The summed E-state index contributed by atoms with van der Waals surface area (Å²) in [6, 6.07) is 10.4. The number of halogens is 1. The van der Waals surface area contributed by atoms with Crippen LogP contribution in [0.1, 0.15) is 5.56 Å². The fraction of sp³-hybridized carbons (Fsp3) is 0.0769. The van der Waals surface area contributed by atoms with E-state index >= 15 is 0 Å². The van der Waals surface area contributed by atoms with E-state index in [2.05, 4.69) is 15.9 Å². The predicted molar refractivity (Wildman–Crippen MR) is 82.5 cm³/mol. The highest BCUT2D eigenvalue weighted by molar-refractivity contribution is 9.10. The molecule has 0 saturated carbocycles. The van der Waals surface area contributed by atoms with Gasteiger partial charge in [-0.25, -0.2) is 8.42 Å². The molecular weight excluding hydrogens is 360 g/mol. The van der Waals surface area contributed by atoms with Crippen LogP contribution in [-0.2, 0) is 15.6 Å². The van der Waals surface area contributed by atoms with Gasteiger partial charge >= 0.3 is 0 Å². The highest BCUT2D eigenvalue weighted by Crippen LogP contribution is 2.31. The molecule has 6 nitrogen and oxygen atoms in total. The van der Waals surface area contributed by atoms with Gasteiger partial charge in [0.25, 0.3) is 5.69 Å². The van der Waals surface area contributed by atoms with Crippen molar-refractivity contribution in [2.75, 3.05) is 5.73 Å².